The predicted octanol–water partition coefficient (Wildman–Crippen LogP) is 5.50. The molecule has 3 aromatic carbocycles. The fourth-order valence-corrected chi connectivity index (χ4v) is 2.96. The van der Waals surface area contributed by atoms with Gasteiger partial charge in [0.25, 0.3) is 0 Å². The van der Waals surface area contributed by atoms with Crippen molar-refractivity contribution in [3.8, 4) is 28.3 Å². The molecule has 4 rings (SSSR count). The molecule has 0 amide bonds. The van der Waals surface area contributed by atoms with E-state index in [-0.39, 0.29) is 5.75 Å². The first-order chi connectivity index (χ1) is 12.8. The zero-order chi connectivity index (χ0) is 17.8. The molecule has 0 aliphatic heterocycles. The van der Waals surface area contributed by atoms with Crippen molar-refractivity contribution in [1.29, 1.82) is 0 Å². The van der Waals surface area contributed by atoms with Crippen molar-refractivity contribution in [3.05, 3.63) is 96.4 Å². The molecule has 0 aliphatic rings. The minimum Gasteiger partial charge on any atom is -0.508 e. The molecule has 128 valence electrons. The van der Waals surface area contributed by atoms with Crippen molar-refractivity contribution < 1.29 is 9.52 Å². The summed E-state index contributed by atoms with van der Waals surface area (Å²) in [4.78, 5) is 4.77. The summed E-state index contributed by atoms with van der Waals surface area (Å²) >= 11 is 0. The number of aromatic hydroxyl groups is 1. The average Bonchev–Trinajstić information content (AvgIpc) is 3.13. The molecule has 0 saturated heterocycles. The van der Waals surface area contributed by atoms with E-state index in [1.165, 1.54) is 0 Å². The molecule has 0 saturated carbocycles. The lowest BCUT2D eigenvalue weighted by molar-refractivity contribution is 0.475. The van der Waals surface area contributed by atoms with Gasteiger partial charge in [-0.2, -0.15) is 0 Å². The van der Waals surface area contributed by atoms with Crippen molar-refractivity contribution in [2.75, 3.05) is 0 Å². The first kappa shape index (κ1) is 16.2. The number of oxazole rings is 1. The van der Waals surface area contributed by atoms with Crippen molar-refractivity contribution in [2.24, 2.45) is 0 Å². The summed E-state index contributed by atoms with van der Waals surface area (Å²) in [5.41, 5.74) is 4.08. The molecule has 4 aromatic rings. The predicted molar refractivity (Wildman–Crippen MR) is 103 cm³/mol. The fraction of sp³-hybridized carbons (Fsp3) is 0.0870. The molecular weight excluding hydrogens is 322 g/mol. The van der Waals surface area contributed by atoms with Crippen molar-refractivity contribution in [1.82, 2.24) is 4.98 Å². The monoisotopic (exact) mass is 341 g/mol. The number of aromatic nitrogens is 1. The van der Waals surface area contributed by atoms with E-state index in [9.17, 15) is 5.11 Å². The molecule has 26 heavy (non-hydrogen) atoms. The Hall–Kier alpha value is -3.33. The van der Waals surface area contributed by atoms with Crippen LogP contribution in [0, 0.1) is 0 Å². The second kappa shape index (κ2) is 7.28. The number of aryl methyl sites for hydroxylation is 2. The van der Waals surface area contributed by atoms with Crippen LogP contribution >= 0.6 is 0 Å². The lowest BCUT2D eigenvalue weighted by Crippen LogP contribution is -1.91. The number of hydrogen-bond donors (Lipinski definition) is 1. The molecule has 1 N–H and O–H groups in total. The zero-order valence-corrected chi connectivity index (χ0v) is 14.3. The lowest BCUT2D eigenvalue weighted by Gasteiger charge is -2.01. The fourth-order valence-electron chi connectivity index (χ4n) is 2.96. The highest BCUT2D eigenvalue weighted by Crippen LogP contribution is 2.32. The Kier molecular flexibility index (Phi) is 4.52. The molecule has 0 spiro atoms. The molecule has 0 fully saturated rings. The molecule has 0 unspecified atom stereocenters. The summed E-state index contributed by atoms with van der Waals surface area (Å²) in [7, 11) is 0. The zero-order valence-electron chi connectivity index (χ0n) is 14.3. The smallest absolute Gasteiger partial charge is 0.195 e. The maximum atomic E-state index is 9.40. The van der Waals surface area contributed by atoms with Gasteiger partial charge in [-0.15, -0.1) is 0 Å². The summed E-state index contributed by atoms with van der Waals surface area (Å²) in [6.07, 6.45) is 1.51. The highest BCUT2D eigenvalue weighted by molar-refractivity contribution is 5.76. The molecule has 1 aromatic heterocycles. The van der Waals surface area contributed by atoms with Crippen LogP contribution in [0.5, 0.6) is 5.75 Å². The van der Waals surface area contributed by atoms with Gasteiger partial charge < -0.3 is 9.52 Å². The van der Waals surface area contributed by atoms with Crippen LogP contribution in [0.3, 0.4) is 0 Å². The van der Waals surface area contributed by atoms with Gasteiger partial charge in [-0.1, -0.05) is 72.8 Å². The second-order valence-corrected chi connectivity index (χ2v) is 6.18. The standard InChI is InChI=1S/C23H19NO2/c25-20-14-11-17(12-15-20)13-16-21-24-22(18-7-3-1-4-8-18)23(26-21)19-9-5-2-6-10-19/h1-12,14-15,25H,13,16H2. The summed E-state index contributed by atoms with van der Waals surface area (Å²) in [5, 5.41) is 9.40. The molecule has 0 atom stereocenters. The molecule has 1 heterocycles. The maximum Gasteiger partial charge on any atom is 0.195 e. The number of phenols is 1. The third-order valence-electron chi connectivity index (χ3n) is 4.32. The highest BCUT2D eigenvalue weighted by Gasteiger charge is 2.16. The van der Waals surface area contributed by atoms with Crippen molar-refractivity contribution >= 4 is 0 Å². The van der Waals surface area contributed by atoms with E-state index in [1.54, 1.807) is 12.1 Å². The normalized spacial score (nSPS) is 10.8. The average molecular weight is 341 g/mol. The van der Waals surface area contributed by atoms with E-state index >= 15 is 0 Å². The first-order valence-corrected chi connectivity index (χ1v) is 8.68. The Morgan fingerprint density at radius 1 is 0.692 bits per heavy atom. The van der Waals surface area contributed by atoms with Crippen LogP contribution in [0.2, 0.25) is 0 Å². The summed E-state index contributed by atoms with van der Waals surface area (Å²) in [5.74, 6) is 1.80. The van der Waals surface area contributed by atoms with E-state index in [0.717, 1.165) is 40.5 Å². The van der Waals surface area contributed by atoms with Gasteiger partial charge in [-0.3, -0.25) is 0 Å². The van der Waals surface area contributed by atoms with Crippen LogP contribution in [0.4, 0.5) is 0 Å². The Labute approximate surface area is 152 Å². The van der Waals surface area contributed by atoms with Gasteiger partial charge in [0.1, 0.15) is 11.4 Å². The number of phenolic OH excluding ortho intramolecular Hbond substituents is 1. The summed E-state index contributed by atoms with van der Waals surface area (Å²) in [6, 6.07) is 27.4. The Morgan fingerprint density at radius 3 is 1.96 bits per heavy atom. The Balaban J connectivity index is 1.66. The SMILES string of the molecule is Oc1ccc(CCc2nc(-c3ccccc3)c(-c3ccccc3)o2)cc1. The Bertz CT molecular complexity index is 917. The molecule has 0 aliphatic carbocycles. The van der Waals surface area contributed by atoms with Crippen LogP contribution in [-0.2, 0) is 12.8 Å². The number of rotatable bonds is 5. The van der Waals surface area contributed by atoms with Gasteiger partial charge >= 0.3 is 0 Å². The van der Waals surface area contributed by atoms with Gasteiger partial charge in [-0.25, -0.2) is 4.98 Å². The largest absolute Gasteiger partial charge is 0.508 e. The lowest BCUT2D eigenvalue weighted by atomic mass is 10.1. The number of nitrogens with zero attached hydrogens (tertiary/aromatic N) is 1. The molecule has 0 radical (unpaired) electrons. The van der Waals surface area contributed by atoms with Gasteiger partial charge in [0.05, 0.1) is 0 Å². The van der Waals surface area contributed by atoms with E-state index in [1.807, 2.05) is 72.8 Å². The molecule has 3 nitrogen and oxygen atoms in total. The van der Waals surface area contributed by atoms with Crippen molar-refractivity contribution in [2.45, 2.75) is 12.8 Å². The second-order valence-electron chi connectivity index (χ2n) is 6.18. The topological polar surface area (TPSA) is 46.3 Å². The van der Waals surface area contributed by atoms with E-state index in [4.69, 9.17) is 9.40 Å². The molecule has 3 heteroatoms. The highest BCUT2D eigenvalue weighted by atomic mass is 16.4. The van der Waals surface area contributed by atoms with Crippen LogP contribution in [0.25, 0.3) is 22.6 Å². The number of hydrogen-bond acceptors (Lipinski definition) is 3. The van der Waals surface area contributed by atoms with Crippen molar-refractivity contribution in [3.63, 3.8) is 0 Å². The van der Waals surface area contributed by atoms with E-state index in [2.05, 4.69) is 0 Å². The summed E-state index contributed by atoms with van der Waals surface area (Å²) in [6.45, 7) is 0. The molecular formula is C23H19NO2. The Morgan fingerprint density at radius 2 is 1.31 bits per heavy atom. The summed E-state index contributed by atoms with van der Waals surface area (Å²) < 4.78 is 6.14. The van der Waals surface area contributed by atoms with Crippen LogP contribution in [0.1, 0.15) is 11.5 Å². The maximum absolute atomic E-state index is 9.40. The van der Waals surface area contributed by atoms with Gasteiger partial charge in [0.15, 0.2) is 11.7 Å². The van der Waals surface area contributed by atoms with E-state index in [0.29, 0.717) is 6.42 Å². The van der Waals surface area contributed by atoms with Gasteiger partial charge in [0.2, 0.25) is 0 Å². The minimum atomic E-state index is 0.280. The first-order valence-electron chi connectivity index (χ1n) is 8.68. The van der Waals surface area contributed by atoms with E-state index < -0.39 is 0 Å². The van der Waals surface area contributed by atoms with Gasteiger partial charge in [0, 0.05) is 17.5 Å². The van der Waals surface area contributed by atoms with Crippen LogP contribution in [0.15, 0.2) is 89.3 Å². The third kappa shape index (κ3) is 3.52. The minimum absolute atomic E-state index is 0.280. The number of benzene rings is 3. The van der Waals surface area contributed by atoms with Crippen LogP contribution in [-0.4, -0.2) is 10.1 Å². The third-order valence-corrected chi connectivity index (χ3v) is 4.32. The molecule has 0 bridgehead atoms. The van der Waals surface area contributed by atoms with Crippen LogP contribution < -0.4 is 0 Å². The quantitative estimate of drug-likeness (QED) is 0.521. The van der Waals surface area contributed by atoms with Gasteiger partial charge in [-0.05, 0) is 24.1 Å².